The molecule has 0 saturated carbocycles. The molecule has 0 amide bonds. The van der Waals surface area contributed by atoms with Gasteiger partial charge in [0.15, 0.2) is 0 Å². The van der Waals surface area contributed by atoms with Gasteiger partial charge >= 0.3 is 6.18 Å². The summed E-state index contributed by atoms with van der Waals surface area (Å²) in [6, 6.07) is 1.92. The first-order chi connectivity index (χ1) is 6.04. The van der Waals surface area contributed by atoms with Crippen LogP contribution in [0.2, 0.25) is 0 Å². The van der Waals surface area contributed by atoms with Gasteiger partial charge in [0, 0.05) is 12.6 Å². The van der Waals surface area contributed by atoms with Crippen LogP contribution in [0.3, 0.4) is 0 Å². The Morgan fingerprint density at radius 3 is 2.54 bits per heavy atom. The summed E-state index contributed by atoms with van der Waals surface area (Å²) in [6.07, 6.45) is -4.47. The molecular weight excluding hydrogens is 187 g/mol. The maximum absolute atomic E-state index is 11.9. The van der Waals surface area contributed by atoms with Crippen molar-refractivity contribution >= 4 is 0 Å². The van der Waals surface area contributed by atoms with Crippen LogP contribution in [0.5, 0.6) is 5.95 Å². The summed E-state index contributed by atoms with van der Waals surface area (Å²) in [6.45, 7) is 0.354. The number of rotatable bonds is 3. The van der Waals surface area contributed by atoms with Crippen molar-refractivity contribution in [3.05, 3.63) is 17.9 Å². The van der Waals surface area contributed by atoms with E-state index < -0.39 is 11.9 Å². The second-order valence-electron chi connectivity index (χ2n) is 2.25. The molecule has 2 N–H and O–H groups in total. The van der Waals surface area contributed by atoms with Crippen molar-refractivity contribution in [2.45, 2.75) is 6.18 Å². The Bertz CT molecular complexity index is 269. The topological polar surface area (TPSA) is 48.4 Å². The molecule has 0 bridgehead atoms. The number of hydrogen-bond donors (Lipinski definition) is 1. The van der Waals surface area contributed by atoms with Gasteiger partial charge < -0.3 is 14.9 Å². The van der Waals surface area contributed by atoms with E-state index in [9.17, 15) is 13.2 Å². The first-order valence-electron chi connectivity index (χ1n) is 3.54. The fourth-order valence-corrected chi connectivity index (χ4v) is 0.710. The Balaban J connectivity index is 2.64. The molecular formula is C7H8F3NO2. The summed E-state index contributed by atoms with van der Waals surface area (Å²) in [4.78, 5) is 0. The lowest BCUT2D eigenvalue weighted by atomic mass is 10.4. The van der Waals surface area contributed by atoms with Crippen LogP contribution < -0.4 is 10.5 Å². The first kappa shape index (κ1) is 9.91. The zero-order valence-electron chi connectivity index (χ0n) is 6.60. The summed E-state index contributed by atoms with van der Waals surface area (Å²) < 4.78 is 44.9. The van der Waals surface area contributed by atoms with Gasteiger partial charge in [-0.15, -0.1) is 0 Å². The molecule has 6 heteroatoms. The SMILES string of the molecule is NCCOc1ccc(C(F)(F)F)o1. The highest BCUT2D eigenvalue weighted by atomic mass is 19.4. The highest BCUT2D eigenvalue weighted by Crippen LogP contribution is 2.32. The first-order valence-corrected chi connectivity index (χ1v) is 3.54. The molecule has 1 heterocycles. The minimum atomic E-state index is -4.47. The summed E-state index contributed by atoms with van der Waals surface area (Å²) in [5.74, 6) is -1.24. The zero-order valence-corrected chi connectivity index (χ0v) is 6.60. The van der Waals surface area contributed by atoms with Crippen molar-refractivity contribution in [1.29, 1.82) is 0 Å². The number of alkyl halides is 3. The van der Waals surface area contributed by atoms with Crippen LogP contribution in [0.4, 0.5) is 13.2 Å². The van der Waals surface area contributed by atoms with E-state index in [1.807, 2.05) is 0 Å². The molecule has 0 atom stereocenters. The Hall–Kier alpha value is -1.17. The lowest BCUT2D eigenvalue weighted by molar-refractivity contribution is -0.153. The maximum atomic E-state index is 11.9. The van der Waals surface area contributed by atoms with E-state index in [-0.39, 0.29) is 19.1 Å². The molecule has 0 aliphatic heterocycles. The highest BCUT2D eigenvalue weighted by molar-refractivity contribution is 5.13. The van der Waals surface area contributed by atoms with E-state index in [0.717, 1.165) is 12.1 Å². The normalized spacial score (nSPS) is 11.7. The van der Waals surface area contributed by atoms with E-state index in [1.165, 1.54) is 0 Å². The van der Waals surface area contributed by atoms with Gasteiger partial charge in [-0.25, -0.2) is 0 Å². The van der Waals surface area contributed by atoms with Crippen LogP contribution in [0.15, 0.2) is 16.5 Å². The molecule has 1 aromatic rings. The van der Waals surface area contributed by atoms with Gasteiger partial charge in [-0.3, -0.25) is 0 Å². The predicted molar refractivity (Wildman–Crippen MR) is 38.3 cm³/mol. The third kappa shape index (κ3) is 2.66. The van der Waals surface area contributed by atoms with Crippen LogP contribution in [-0.4, -0.2) is 13.2 Å². The van der Waals surface area contributed by atoms with Crippen molar-refractivity contribution in [3.63, 3.8) is 0 Å². The summed E-state index contributed by atoms with van der Waals surface area (Å²) >= 11 is 0. The Kier molecular flexibility index (Phi) is 2.82. The maximum Gasteiger partial charge on any atom is 0.449 e. The molecule has 0 radical (unpaired) electrons. The van der Waals surface area contributed by atoms with Gasteiger partial charge in [0.25, 0.3) is 5.95 Å². The van der Waals surface area contributed by atoms with Gasteiger partial charge in [0.1, 0.15) is 6.61 Å². The quantitative estimate of drug-likeness (QED) is 0.797. The molecule has 1 aromatic heterocycles. The van der Waals surface area contributed by atoms with Crippen LogP contribution in [-0.2, 0) is 6.18 Å². The van der Waals surface area contributed by atoms with Crippen molar-refractivity contribution < 1.29 is 22.3 Å². The fraction of sp³-hybridized carbons (Fsp3) is 0.429. The zero-order chi connectivity index (χ0) is 9.90. The largest absolute Gasteiger partial charge is 0.464 e. The van der Waals surface area contributed by atoms with E-state index in [2.05, 4.69) is 4.42 Å². The van der Waals surface area contributed by atoms with Gasteiger partial charge in [0.2, 0.25) is 5.76 Å². The van der Waals surface area contributed by atoms with Crippen LogP contribution in [0, 0.1) is 0 Å². The van der Waals surface area contributed by atoms with Crippen LogP contribution >= 0.6 is 0 Å². The third-order valence-electron chi connectivity index (χ3n) is 1.22. The average molecular weight is 195 g/mol. The summed E-state index contributed by atoms with van der Waals surface area (Å²) in [5.41, 5.74) is 5.08. The third-order valence-corrected chi connectivity index (χ3v) is 1.22. The minimum absolute atomic E-state index is 0.130. The van der Waals surface area contributed by atoms with Crippen molar-refractivity contribution in [1.82, 2.24) is 0 Å². The number of hydrogen-bond acceptors (Lipinski definition) is 3. The van der Waals surface area contributed by atoms with Gasteiger partial charge in [-0.2, -0.15) is 13.2 Å². The Labute approximate surface area is 72.3 Å². The van der Waals surface area contributed by atoms with E-state index in [1.54, 1.807) is 0 Å². The highest BCUT2D eigenvalue weighted by Gasteiger charge is 2.35. The molecule has 3 nitrogen and oxygen atoms in total. The Morgan fingerprint density at radius 1 is 1.38 bits per heavy atom. The predicted octanol–water partition coefficient (Wildman–Crippen LogP) is 1.64. The Morgan fingerprint density at radius 2 is 2.08 bits per heavy atom. The molecule has 0 aromatic carbocycles. The van der Waals surface area contributed by atoms with Crippen molar-refractivity contribution in [2.24, 2.45) is 5.73 Å². The van der Waals surface area contributed by atoms with Crippen molar-refractivity contribution in [3.8, 4) is 5.95 Å². The molecule has 0 unspecified atom stereocenters. The van der Waals surface area contributed by atoms with E-state index >= 15 is 0 Å². The molecule has 0 aliphatic rings. The average Bonchev–Trinajstić information content (AvgIpc) is 2.47. The van der Waals surface area contributed by atoms with Gasteiger partial charge in [-0.1, -0.05) is 0 Å². The van der Waals surface area contributed by atoms with Crippen LogP contribution in [0.25, 0.3) is 0 Å². The van der Waals surface area contributed by atoms with Gasteiger partial charge in [0.05, 0.1) is 0 Å². The molecule has 0 saturated heterocycles. The molecule has 0 spiro atoms. The lowest BCUT2D eigenvalue weighted by Gasteiger charge is -2.01. The number of furan rings is 1. The van der Waals surface area contributed by atoms with Crippen LogP contribution in [0.1, 0.15) is 5.76 Å². The standard InChI is InChI=1S/C7H8F3NO2/c8-7(9,10)5-1-2-6(13-5)12-4-3-11/h1-2H,3-4,11H2. The van der Waals surface area contributed by atoms with Gasteiger partial charge in [-0.05, 0) is 6.07 Å². The number of ether oxygens (including phenoxy) is 1. The fourth-order valence-electron chi connectivity index (χ4n) is 0.710. The molecule has 74 valence electrons. The van der Waals surface area contributed by atoms with Crippen molar-refractivity contribution in [2.75, 3.05) is 13.2 Å². The second-order valence-corrected chi connectivity index (χ2v) is 2.25. The second kappa shape index (κ2) is 3.69. The van der Waals surface area contributed by atoms with E-state index in [0.29, 0.717) is 0 Å². The summed E-state index contributed by atoms with van der Waals surface area (Å²) in [5, 5.41) is 0. The lowest BCUT2D eigenvalue weighted by Crippen LogP contribution is -2.10. The smallest absolute Gasteiger partial charge is 0.449 e. The number of nitrogens with two attached hydrogens (primary N) is 1. The van der Waals surface area contributed by atoms with E-state index in [4.69, 9.17) is 10.5 Å². The number of halogens is 3. The molecule has 1 rings (SSSR count). The molecule has 0 aliphatic carbocycles. The monoisotopic (exact) mass is 195 g/mol. The molecule has 13 heavy (non-hydrogen) atoms. The summed E-state index contributed by atoms with van der Waals surface area (Å²) in [7, 11) is 0. The minimum Gasteiger partial charge on any atom is -0.464 e. The molecule has 0 fully saturated rings.